The first-order chi connectivity index (χ1) is 11.2. The van der Waals surface area contributed by atoms with Crippen LogP contribution in [0.25, 0.3) is 0 Å². The van der Waals surface area contributed by atoms with E-state index in [0.29, 0.717) is 29.6 Å². The average Bonchev–Trinajstić information content (AvgIpc) is 2.91. The van der Waals surface area contributed by atoms with Gasteiger partial charge in [0.25, 0.3) is 0 Å². The van der Waals surface area contributed by atoms with Gasteiger partial charge in [0.05, 0.1) is 21.3 Å². The average molecular weight is 320 g/mol. The fourth-order valence-corrected chi connectivity index (χ4v) is 4.07. The summed E-state index contributed by atoms with van der Waals surface area (Å²) in [5, 5.41) is 3.71. The van der Waals surface area contributed by atoms with Crippen LogP contribution >= 0.6 is 0 Å². The van der Waals surface area contributed by atoms with Crippen molar-refractivity contribution in [2.45, 2.75) is 50.4 Å². The molecular weight excluding hydrogens is 292 g/mol. The molecule has 0 aromatic heterocycles. The third-order valence-electron chi connectivity index (χ3n) is 5.28. The van der Waals surface area contributed by atoms with Crippen molar-refractivity contribution in [1.29, 1.82) is 0 Å². The zero-order chi connectivity index (χ0) is 16.4. The van der Waals surface area contributed by atoms with Crippen LogP contribution in [-0.4, -0.2) is 51.4 Å². The summed E-state index contributed by atoms with van der Waals surface area (Å²) in [5.74, 6) is 2.15. The fraction of sp³-hybridized carbons (Fsp3) is 0.667. The first-order valence-corrected chi connectivity index (χ1v) is 8.40. The number of piperidine rings is 1. The highest BCUT2D eigenvalue weighted by Gasteiger charge is 2.35. The van der Waals surface area contributed by atoms with E-state index in [0.717, 1.165) is 17.9 Å². The van der Waals surface area contributed by atoms with Gasteiger partial charge < -0.3 is 19.5 Å². The molecule has 2 saturated heterocycles. The molecule has 2 unspecified atom stereocenters. The van der Waals surface area contributed by atoms with E-state index in [2.05, 4.69) is 23.3 Å². The Morgan fingerprint density at radius 3 is 2.22 bits per heavy atom. The lowest BCUT2D eigenvalue weighted by Gasteiger charge is -2.36. The highest BCUT2D eigenvalue weighted by Crippen LogP contribution is 2.40. The molecule has 3 rings (SSSR count). The van der Waals surface area contributed by atoms with E-state index in [9.17, 15) is 0 Å². The summed E-state index contributed by atoms with van der Waals surface area (Å²) in [5.41, 5.74) is 1.14. The molecule has 1 aromatic rings. The lowest BCUT2D eigenvalue weighted by Crippen LogP contribution is -2.46. The van der Waals surface area contributed by atoms with E-state index >= 15 is 0 Å². The van der Waals surface area contributed by atoms with Crippen molar-refractivity contribution in [3.05, 3.63) is 17.7 Å². The monoisotopic (exact) mass is 320 g/mol. The first-order valence-electron chi connectivity index (χ1n) is 8.40. The number of fused-ring (bicyclic) bond motifs is 2. The van der Waals surface area contributed by atoms with Crippen LogP contribution in [0.3, 0.4) is 0 Å². The predicted octanol–water partition coefficient (Wildman–Crippen LogP) is 2.43. The molecule has 23 heavy (non-hydrogen) atoms. The van der Waals surface area contributed by atoms with Crippen molar-refractivity contribution in [2.24, 2.45) is 0 Å². The Morgan fingerprint density at radius 2 is 1.65 bits per heavy atom. The van der Waals surface area contributed by atoms with Gasteiger partial charge in [0.15, 0.2) is 11.5 Å². The highest BCUT2D eigenvalue weighted by atomic mass is 16.5. The molecule has 1 N–H and O–H groups in total. The Morgan fingerprint density at radius 1 is 1.00 bits per heavy atom. The number of methoxy groups -OCH3 is 3. The van der Waals surface area contributed by atoms with Crippen LogP contribution in [0.4, 0.5) is 0 Å². The Labute approximate surface area is 138 Å². The number of hydrogen-bond donors (Lipinski definition) is 1. The van der Waals surface area contributed by atoms with E-state index < -0.39 is 0 Å². The molecule has 128 valence electrons. The van der Waals surface area contributed by atoms with Gasteiger partial charge in [-0.05, 0) is 38.8 Å². The fourth-order valence-electron chi connectivity index (χ4n) is 4.07. The first kappa shape index (κ1) is 16.4. The SMILES string of the molecule is COc1ccc(CN(C)C2CC3CCC(C2)N3)c(OC)c1OC. The minimum absolute atomic E-state index is 0.631. The van der Waals surface area contributed by atoms with E-state index in [1.807, 2.05) is 6.07 Å². The van der Waals surface area contributed by atoms with Crippen LogP contribution in [0.15, 0.2) is 12.1 Å². The molecule has 2 fully saturated rings. The van der Waals surface area contributed by atoms with E-state index in [-0.39, 0.29) is 0 Å². The summed E-state index contributed by atoms with van der Waals surface area (Å²) < 4.78 is 16.5. The quantitative estimate of drug-likeness (QED) is 0.872. The van der Waals surface area contributed by atoms with E-state index in [1.54, 1.807) is 21.3 Å². The molecule has 2 bridgehead atoms. The van der Waals surface area contributed by atoms with Gasteiger partial charge >= 0.3 is 0 Å². The summed E-state index contributed by atoms with van der Waals surface area (Å²) in [6.45, 7) is 0.855. The normalized spacial score (nSPS) is 26.4. The molecule has 5 nitrogen and oxygen atoms in total. The molecule has 5 heteroatoms. The Hall–Kier alpha value is -1.46. The minimum Gasteiger partial charge on any atom is -0.493 e. The van der Waals surface area contributed by atoms with Crippen molar-refractivity contribution < 1.29 is 14.2 Å². The summed E-state index contributed by atoms with van der Waals surface area (Å²) in [7, 11) is 7.20. The van der Waals surface area contributed by atoms with Crippen LogP contribution in [0.1, 0.15) is 31.2 Å². The molecule has 0 saturated carbocycles. The van der Waals surface area contributed by atoms with Gasteiger partial charge in [0.2, 0.25) is 5.75 Å². The van der Waals surface area contributed by atoms with Gasteiger partial charge in [0.1, 0.15) is 0 Å². The van der Waals surface area contributed by atoms with Crippen LogP contribution in [-0.2, 0) is 6.54 Å². The number of nitrogens with zero attached hydrogens (tertiary/aromatic N) is 1. The van der Waals surface area contributed by atoms with E-state index in [4.69, 9.17) is 14.2 Å². The van der Waals surface area contributed by atoms with Crippen molar-refractivity contribution >= 4 is 0 Å². The Balaban J connectivity index is 1.76. The van der Waals surface area contributed by atoms with Gasteiger partial charge in [-0.3, -0.25) is 4.90 Å². The summed E-state index contributed by atoms with van der Waals surface area (Å²) in [4.78, 5) is 2.45. The maximum absolute atomic E-state index is 5.61. The Bertz CT molecular complexity index is 537. The van der Waals surface area contributed by atoms with Crippen LogP contribution in [0.5, 0.6) is 17.2 Å². The molecular formula is C18H28N2O3. The lowest BCUT2D eigenvalue weighted by atomic mass is 9.98. The molecule has 2 atom stereocenters. The van der Waals surface area contributed by atoms with Crippen LogP contribution in [0.2, 0.25) is 0 Å². The second-order valence-electron chi connectivity index (χ2n) is 6.67. The zero-order valence-corrected chi connectivity index (χ0v) is 14.6. The lowest BCUT2D eigenvalue weighted by molar-refractivity contribution is 0.164. The highest BCUT2D eigenvalue weighted by molar-refractivity contribution is 5.55. The number of nitrogens with one attached hydrogen (secondary N) is 1. The molecule has 0 amide bonds. The maximum Gasteiger partial charge on any atom is 0.203 e. The molecule has 0 radical (unpaired) electrons. The van der Waals surface area contributed by atoms with Crippen LogP contribution in [0, 0.1) is 0 Å². The topological polar surface area (TPSA) is 43.0 Å². The molecule has 1 aromatic carbocycles. The number of hydrogen-bond acceptors (Lipinski definition) is 5. The number of ether oxygens (including phenoxy) is 3. The maximum atomic E-state index is 5.61. The summed E-state index contributed by atoms with van der Waals surface area (Å²) >= 11 is 0. The van der Waals surface area contributed by atoms with Crippen molar-refractivity contribution in [3.63, 3.8) is 0 Å². The summed E-state index contributed by atoms with van der Waals surface area (Å²) in [6, 6.07) is 6.07. The largest absolute Gasteiger partial charge is 0.493 e. The predicted molar refractivity (Wildman–Crippen MR) is 90.5 cm³/mol. The van der Waals surface area contributed by atoms with Crippen molar-refractivity contribution in [1.82, 2.24) is 10.2 Å². The molecule has 0 spiro atoms. The second kappa shape index (κ2) is 6.97. The standard InChI is InChI=1S/C18H28N2O3/c1-20(15-9-13-6-7-14(10-15)19-13)11-12-5-8-16(21-2)18(23-4)17(12)22-3/h5,8,13-15,19H,6-7,9-11H2,1-4H3. The van der Waals surface area contributed by atoms with Crippen LogP contribution < -0.4 is 19.5 Å². The van der Waals surface area contributed by atoms with Crippen molar-refractivity contribution in [3.8, 4) is 17.2 Å². The second-order valence-corrected chi connectivity index (χ2v) is 6.67. The molecule has 0 aliphatic carbocycles. The van der Waals surface area contributed by atoms with Gasteiger partial charge in [-0.1, -0.05) is 6.07 Å². The van der Waals surface area contributed by atoms with Gasteiger partial charge in [-0.25, -0.2) is 0 Å². The smallest absolute Gasteiger partial charge is 0.203 e. The zero-order valence-electron chi connectivity index (χ0n) is 14.6. The molecule has 2 aliphatic rings. The van der Waals surface area contributed by atoms with Gasteiger partial charge in [-0.15, -0.1) is 0 Å². The number of benzene rings is 1. The molecule has 2 aliphatic heterocycles. The number of rotatable bonds is 6. The third kappa shape index (κ3) is 3.26. The third-order valence-corrected chi connectivity index (χ3v) is 5.28. The van der Waals surface area contributed by atoms with Crippen molar-refractivity contribution in [2.75, 3.05) is 28.4 Å². The summed E-state index contributed by atoms with van der Waals surface area (Å²) in [6.07, 6.45) is 5.13. The molecule has 2 heterocycles. The van der Waals surface area contributed by atoms with Gasteiger partial charge in [0, 0.05) is 30.2 Å². The minimum atomic E-state index is 0.631. The Kier molecular flexibility index (Phi) is 4.97. The van der Waals surface area contributed by atoms with E-state index in [1.165, 1.54) is 25.7 Å². The van der Waals surface area contributed by atoms with Gasteiger partial charge in [-0.2, -0.15) is 0 Å².